The molecular formula is C11H18O4. The van der Waals surface area contributed by atoms with Crippen molar-refractivity contribution in [3.05, 3.63) is 0 Å². The van der Waals surface area contributed by atoms with E-state index in [4.69, 9.17) is 9.47 Å². The summed E-state index contributed by atoms with van der Waals surface area (Å²) in [4.78, 5) is 22.0. The number of hydrogen-bond donors (Lipinski definition) is 0. The van der Waals surface area contributed by atoms with Crippen LogP contribution in [0, 0.1) is 0 Å². The first-order valence-electron chi connectivity index (χ1n) is 5.50. The highest BCUT2D eigenvalue weighted by molar-refractivity contribution is 5.69. The van der Waals surface area contributed by atoms with E-state index in [9.17, 15) is 9.59 Å². The molecule has 15 heavy (non-hydrogen) atoms. The van der Waals surface area contributed by atoms with E-state index in [2.05, 4.69) is 0 Å². The maximum absolute atomic E-state index is 11.1. The van der Waals surface area contributed by atoms with Crippen LogP contribution in [0.15, 0.2) is 0 Å². The SMILES string of the molecule is CCC(=O)OC1CCCCC1OC(C)=O. The number of carbonyl (C=O) groups excluding carboxylic acids is 2. The predicted octanol–water partition coefficient (Wildman–Crippen LogP) is 1.81. The van der Waals surface area contributed by atoms with Gasteiger partial charge in [0.25, 0.3) is 0 Å². The van der Waals surface area contributed by atoms with Crippen LogP contribution in [0.2, 0.25) is 0 Å². The van der Waals surface area contributed by atoms with Gasteiger partial charge in [0.2, 0.25) is 0 Å². The molecule has 0 amide bonds. The first-order chi connectivity index (χ1) is 7.13. The number of ether oxygens (including phenoxy) is 2. The topological polar surface area (TPSA) is 52.6 Å². The first kappa shape index (κ1) is 12.0. The van der Waals surface area contributed by atoms with Crippen molar-refractivity contribution in [2.45, 2.75) is 58.2 Å². The van der Waals surface area contributed by atoms with Gasteiger partial charge in [0.1, 0.15) is 12.2 Å². The summed E-state index contributed by atoms with van der Waals surface area (Å²) in [5, 5.41) is 0. The average molecular weight is 214 g/mol. The number of esters is 2. The third-order valence-corrected chi connectivity index (χ3v) is 2.53. The van der Waals surface area contributed by atoms with E-state index in [1.54, 1.807) is 6.92 Å². The molecule has 86 valence electrons. The highest BCUT2D eigenvalue weighted by atomic mass is 16.6. The number of rotatable bonds is 3. The highest BCUT2D eigenvalue weighted by Crippen LogP contribution is 2.24. The molecular weight excluding hydrogens is 196 g/mol. The van der Waals surface area contributed by atoms with Gasteiger partial charge in [-0.2, -0.15) is 0 Å². The lowest BCUT2D eigenvalue weighted by Gasteiger charge is -2.30. The summed E-state index contributed by atoms with van der Waals surface area (Å²) >= 11 is 0. The Labute approximate surface area is 89.9 Å². The molecule has 0 aromatic heterocycles. The second-order valence-electron chi connectivity index (χ2n) is 3.81. The van der Waals surface area contributed by atoms with E-state index in [0.717, 1.165) is 25.7 Å². The van der Waals surface area contributed by atoms with Crippen LogP contribution in [0.1, 0.15) is 46.0 Å². The summed E-state index contributed by atoms with van der Waals surface area (Å²) in [5.74, 6) is -0.529. The Hall–Kier alpha value is -1.06. The van der Waals surface area contributed by atoms with Gasteiger partial charge in [-0.1, -0.05) is 6.92 Å². The Kier molecular flexibility index (Phi) is 4.59. The third kappa shape index (κ3) is 3.90. The van der Waals surface area contributed by atoms with Gasteiger partial charge in [-0.25, -0.2) is 0 Å². The molecule has 1 aliphatic rings. The van der Waals surface area contributed by atoms with Gasteiger partial charge in [-0.05, 0) is 25.7 Å². The third-order valence-electron chi connectivity index (χ3n) is 2.53. The summed E-state index contributed by atoms with van der Waals surface area (Å²) in [7, 11) is 0. The van der Waals surface area contributed by atoms with E-state index in [1.807, 2.05) is 0 Å². The van der Waals surface area contributed by atoms with Crippen LogP contribution >= 0.6 is 0 Å². The minimum Gasteiger partial charge on any atom is -0.459 e. The zero-order chi connectivity index (χ0) is 11.3. The zero-order valence-electron chi connectivity index (χ0n) is 9.32. The molecule has 1 fully saturated rings. The van der Waals surface area contributed by atoms with Gasteiger partial charge >= 0.3 is 11.9 Å². The smallest absolute Gasteiger partial charge is 0.305 e. The van der Waals surface area contributed by atoms with Crippen molar-refractivity contribution >= 4 is 11.9 Å². The normalized spacial score (nSPS) is 25.7. The zero-order valence-corrected chi connectivity index (χ0v) is 9.32. The Balaban J connectivity index is 2.49. The van der Waals surface area contributed by atoms with Crippen molar-refractivity contribution in [2.24, 2.45) is 0 Å². The molecule has 0 radical (unpaired) electrons. The maximum Gasteiger partial charge on any atom is 0.305 e. The van der Waals surface area contributed by atoms with Crippen LogP contribution < -0.4 is 0 Å². The molecule has 2 atom stereocenters. The van der Waals surface area contributed by atoms with Gasteiger partial charge in [0.05, 0.1) is 0 Å². The van der Waals surface area contributed by atoms with Crippen LogP contribution in [0.5, 0.6) is 0 Å². The lowest BCUT2D eigenvalue weighted by Crippen LogP contribution is -2.37. The van der Waals surface area contributed by atoms with Gasteiger partial charge in [0, 0.05) is 13.3 Å². The highest BCUT2D eigenvalue weighted by Gasteiger charge is 2.30. The van der Waals surface area contributed by atoms with E-state index in [1.165, 1.54) is 6.92 Å². The molecule has 0 aliphatic heterocycles. The summed E-state index contributed by atoms with van der Waals surface area (Å²) in [6.07, 6.45) is 3.52. The Morgan fingerprint density at radius 3 is 2.13 bits per heavy atom. The quantitative estimate of drug-likeness (QED) is 0.672. The molecule has 0 spiro atoms. The average Bonchev–Trinajstić information content (AvgIpc) is 2.20. The lowest BCUT2D eigenvalue weighted by atomic mass is 9.94. The maximum atomic E-state index is 11.1. The molecule has 2 unspecified atom stereocenters. The lowest BCUT2D eigenvalue weighted by molar-refractivity contribution is -0.170. The molecule has 1 rings (SSSR count). The van der Waals surface area contributed by atoms with Crippen LogP contribution in [0.4, 0.5) is 0 Å². The number of carbonyl (C=O) groups is 2. The molecule has 1 saturated carbocycles. The van der Waals surface area contributed by atoms with Crippen molar-refractivity contribution < 1.29 is 19.1 Å². The Bertz CT molecular complexity index is 237. The molecule has 1 aliphatic carbocycles. The predicted molar refractivity (Wildman–Crippen MR) is 54.2 cm³/mol. The van der Waals surface area contributed by atoms with E-state index >= 15 is 0 Å². The summed E-state index contributed by atoms with van der Waals surface area (Å²) in [6, 6.07) is 0. The summed E-state index contributed by atoms with van der Waals surface area (Å²) in [5.41, 5.74) is 0. The fraction of sp³-hybridized carbons (Fsp3) is 0.818. The van der Waals surface area contributed by atoms with E-state index in [-0.39, 0.29) is 24.1 Å². The molecule has 0 aromatic carbocycles. The van der Waals surface area contributed by atoms with Gasteiger partial charge < -0.3 is 9.47 Å². The standard InChI is InChI=1S/C11H18O4/c1-3-11(13)15-10-7-5-4-6-9(10)14-8(2)12/h9-10H,3-7H2,1-2H3. The van der Waals surface area contributed by atoms with Crippen LogP contribution in [-0.4, -0.2) is 24.1 Å². The minimum absolute atomic E-state index is 0.223. The monoisotopic (exact) mass is 214 g/mol. The fourth-order valence-electron chi connectivity index (χ4n) is 1.80. The first-order valence-corrected chi connectivity index (χ1v) is 5.50. The minimum atomic E-state index is -0.306. The second kappa shape index (κ2) is 5.73. The van der Waals surface area contributed by atoms with Crippen molar-refractivity contribution in [1.29, 1.82) is 0 Å². The summed E-state index contributed by atoms with van der Waals surface area (Å²) in [6.45, 7) is 3.14. The van der Waals surface area contributed by atoms with E-state index in [0.29, 0.717) is 6.42 Å². The Morgan fingerprint density at radius 2 is 1.67 bits per heavy atom. The van der Waals surface area contributed by atoms with Crippen LogP contribution in [0.3, 0.4) is 0 Å². The van der Waals surface area contributed by atoms with Gasteiger partial charge in [-0.15, -0.1) is 0 Å². The van der Waals surface area contributed by atoms with Crippen LogP contribution in [0.25, 0.3) is 0 Å². The fourth-order valence-corrected chi connectivity index (χ4v) is 1.80. The molecule has 4 nitrogen and oxygen atoms in total. The van der Waals surface area contributed by atoms with Crippen molar-refractivity contribution in [3.63, 3.8) is 0 Å². The van der Waals surface area contributed by atoms with Crippen molar-refractivity contribution in [2.75, 3.05) is 0 Å². The molecule has 0 aromatic rings. The van der Waals surface area contributed by atoms with Crippen molar-refractivity contribution in [3.8, 4) is 0 Å². The second-order valence-corrected chi connectivity index (χ2v) is 3.81. The molecule has 0 saturated heterocycles. The van der Waals surface area contributed by atoms with Crippen molar-refractivity contribution in [1.82, 2.24) is 0 Å². The summed E-state index contributed by atoms with van der Waals surface area (Å²) < 4.78 is 10.4. The molecule has 0 bridgehead atoms. The van der Waals surface area contributed by atoms with Gasteiger partial charge in [0.15, 0.2) is 0 Å². The Morgan fingerprint density at radius 1 is 1.13 bits per heavy atom. The molecule has 4 heteroatoms. The van der Waals surface area contributed by atoms with Crippen LogP contribution in [-0.2, 0) is 19.1 Å². The largest absolute Gasteiger partial charge is 0.459 e. The molecule has 0 N–H and O–H groups in total. The van der Waals surface area contributed by atoms with E-state index < -0.39 is 0 Å². The number of hydrogen-bond acceptors (Lipinski definition) is 4. The van der Waals surface area contributed by atoms with Gasteiger partial charge in [-0.3, -0.25) is 9.59 Å². The molecule has 0 heterocycles.